The van der Waals surface area contributed by atoms with Crippen LogP contribution in [-0.2, 0) is 0 Å². The lowest BCUT2D eigenvalue weighted by Crippen LogP contribution is -1.96. The van der Waals surface area contributed by atoms with E-state index in [1.165, 1.54) is 16.9 Å². The van der Waals surface area contributed by atoms with Gasteiger partial charge in [0.25, 0.3) is 0 Å². The molecule has 0 saturated heterocycles. The normalized spacial score (nSPS) is 10.0. The van der Waals surface area contributed by atoms with Crippen LogP contribution in [0.5, 0.6) is 0 Å². The van der Waals surface area contributed by atoms with E-state index in [4.69, 9.17) is 0 Å². The maximum Gasteiger partial charge on any atom is 0.390 e. The molecule has 2 rings (SSSR count). The fraction of sp³-hybridized carbons (Fsp3) is 0. The molecule has 0 aromatic carbocycles. The van der Waals surface area contributed by atoms with Crippen molar-refractivity contribution in [2.45, 2.75) is 0 Å². The van der Waals surface area contributed by atoms with Crippen LogP contribution < -0.4 is 0 Å². The third kappa shape index (κ3) is 1.45. The van der Waals surface area contributed by atoms with E-state index in [0.29, 0.717) is 5.69 Å². The molecule has 0 aliphatic heterocycles. The molecule has 0 fully saturated rings. The van der Waals surface area contributed by atoms with Crippen LogP contribution in [0.25, 0.3) is 5.69 Å². The highest BCUT2D eigenvalue weighted by atomic mass is 16.6. The van der Waals surface area contributed by atoms with Gasteiger partial charge >= 0.3 is 5.82 Å². The highest BCUT2D eigenvalue weighted by Gasteiger charge is 2.11. The van der Waals surface area contributed by atoms with Gasteiger partial charge in [-0.3, -0.25) is 4.98 Å². The summed E-state index contributed by atoms with van der Waals surface area (Å²) in [5.74, 6) is -0.172. The van der Waals surface area contributed by atoms with Gasteiger partial charge in [-0.2, -0.15) is 0 Å². The summed E-state index contributed by atoms with van der Waals surface area (Å²) in [6.07, 6.45) is 4.73. The third-order valence-corrected chi connectivity index (χ3v) is 1.67. The topological polar surface area (TPSA) is 73.8 Å². The molecule has 0 radical (unpaired) electrons. The zero-order valence-electron chi connectivity index (χ0n) is 7.07. The molecule has 14 heavy (non-hydrogen) atoms. The van der Waals surface area contributed by atoms with Crippen molar-refractivity contribution in [2.75, 3.05) is 0 Å². The number of rotatable bonds is 2. The molecule has 0 unspecified atom stereocenters. The molecule has 0 aliphatic carbocycles. The molecule has 0 amide bonds. The lowest BCUT2D eigenvalue weighted by atomic mass is 10.4. The van der Waals surface area contributed by atoms with Gasteiger partial charge in [0.2, 0.25) is 0 Å². The summed E-state index contributed by atoms with van der Waals surface area (Å²) in [5.41, 5.74) is 0.695. The SMILES string of the molecule is O=[N+]([O-])c1ccn(-c2cccnc2)n1. The average Bonchev–Trinajstić information content (AvgIpc) is 2.68. The first-order valence-electron chi connectivity index (χ1n) is 3.88. The van der Waals surface area contributed by atoms with Crippen LogP contribution >= 0.6 is 0 Å². The smallest absolute Gasteiger partial charge is 0.358 e. The molecule has 0 bridgehead atoms. The van der Waals surface area contributed by atoms with Crippen LogP contribution in [0.2, 0.25) is 0 Å². The molecule has 2 heterocycles. The van der Waals surface area contributed by atoms with Crippen LogP contribution in [0.3, 0.4) is 0 Å². The Bertz CT molecular complexity index is 451. The zero-order valence-corrected chi connectivity index (χ0v) is 7.07. The van der Waals surface area contributed by atoms with Crippen molar-refractivity contribution < 1.29 is 4.92 Å². The van der Waals surface area contributed by atoms with Crippen LogP contribution in [0.4, 0.5) is 5.82 Å². The van der Waals surface area contributed by atoms with Crippen LogP contribution in [0.1, 0.15) is 0 Å². The van der Waals surface area contributed by atoms with Gasteiger partial charge in [-0.05, 0) is 17.1 Å². The van der Waals surface area contributed by atoms with E-state index in [2.05, 4.69) is 10.1 Å². The molecule has 2 aromatic rings. The molecule has 0 aliphatic rings. The molecule has 0 N–H and O–H groups in total. The van der Waals surface area contributed by atoms with E-state index in [0.717, 1.165) is 0 Å². The van der Waals surface area contributed by atoms with Crippen molar-refractivity contribution >= 4 is 5.82 Å². The first-order valence-corrected chi connectivity index (χ1v) is 3.88. The Morgan fingerprint density at radius 1 is 1.43 bits per heavy atom. The second kappa shape index (κ2) is 3.25. The summed E-state index contributed by atoms with van der Waals surface area (Å²) in [6, 6.07) is 4.85. The van der Waals surface area contributed by atoms with Gasteiger partial charge in [-0.15, -0.1) is 4.68 Å². The van der Waals surface area contributed by atoms with Crippen LogP contribution in [-0.4, -0.2) is 19.7 Å². The minimum absolute atomic E-state index is 0.172. The molecule has 6 nitrogen and oxygen atoms in total. The van der Waals surface area contributed by atoms with Gasteiger partial charge in [0, 0.05) is 6.20 Å². The van der Waals surface area contributed by atoms with E-state index in [1.54, 1.807) is 24.5 Å². The fourth-order valence-electron chi connectivity index (χ4n) is 1.04. The number of hydrogen-bond donors (Lipinski definition) is 0. The lowest BCUT2D eigenvalue weighted by Gasteiger charge is -1.92. The van der Waals surface area contributed by atoms with Crippen molar-refractivity contribution in [1.82, 2.24) is 14.8 Å². The van der Waals surface area contributed by atoms with Crippen molar-refractivity contribution in [2.24, 2.45) is 0 Å². The Morgan fingerprint density at radius 2 is 2.29 bits per heavy atom. The molecule has 0 spiro atoms. The maximum atomic E-state index is 10.4. The minimum atomic E-state index is -0.535. The van der Waals surface area contributed by atoms with Crippen LogP contribution in [0.15, 0.2) is 36.8 Å². The predicted octanol–water partition coefficient (Wildman–Crippen LogP) is 1.18. The fourth-order valence-corrected chi connectivity index (χ4v) is 1.04. The van der Waals surface area contributed by atoms with Crippen LogP contribution in [0, 0.1) is 10.1 Å². The molecule has 0 atom stereocenters. The largest absolute Gasteiger partial charge is 0.390 e. The Kier molecular flexibility index (Phi) is 1.94. The van der Waals surface area contributed by atoms with Crippen molar-refractivity contribution in [1.29, 1.82) is 0 Å². The molecule has 0 saturated carbocycles. The van der Waals surface area contributed by atoms with E-state index in [1.807, 2.05) is 0 Å². The summed E-state index contributed by atoms with van der Waals surface area (Å²) in [4.78, 5) is 13.7. The Balaban J connectivity index is 2.39. The standard InChI is InChI=1S/C8H6N4O2/c13-12(14)8-3-5-11(10-8)7-2-1-4-9-6-7/h1-6H. The zero-order chi connectivity index (χ0) is 9.97. The highest BCUT2D eigenvalue weighted by molar-refractivity contribution is 5.29. The summed E-state index contributed by atoms with van der Waals surface area (Å²) in [5, 5.41) is 14.1. The van der Waals surface area contributed by atoms with E-state index < -0.39 is 4.92 Å². The van der Waals surface area contributed by atoms with Gasteiger partial charge in [0.15, 0.2) is 0 Å². The second-order valence-corrected chi connectivity index (χ2v) is 2.59. The first kappa shape index (κ1) is 8.36. The number of aromatic nitrogens is 3. The van der Waals surface area contributed by atoms with Gasteiger partial charge < -0.3 is 10.1 Å². The van der Waals surface area contributed by atoms with Crippen molar-refractivity contribution in [3.63, 3.8) is 0 Å². The monoisotopic (exact) mass is 190 g/mol. The Morgan fingerprint density at radius 3 is 2.86 bits per heavy atom. The second-order valence-electron chi connectivity index (χ2n) is 2.59. The Labute approximate surface area is 79.0 Å². The van der Waals surface area contributed by atoms with Crippen molar-refractivity contribution in [3.8, 4) is 5.69 Å². The number of nitro groups is 1. The van der Waals surface area contributed by atoms with Crippen molar-refractivity contribution in [3.05, 3.63) is 46.9 Å². The highest BCUT2D eigenvalue weighted by Crippen LogP contribution is 2.10. The average molecular weight is 190 g/mol. The van der Waals surface area contributed by atoms with E-state index in [-0.39, 0.29) is 5.82 Å². The maximum absolute atomic E-state index is 10.4. The molecular weight excluding hydrogens is 184 g/mol. The summed E-state index contributed by atoms with van der Waals surface area (Å²) in [7, 11) is 0. The summed E-state index contributed by atoms with van der Waals surface area (Å²) >= 11 is 0. The molecule has 70 valence electrons. The molecule has 6 heteroatoms. The molecule has 2 aromatic heterocycles. The molecular formula is C8H6N4O2. The summed E-state index contributed by atoms with van der Waals surface area (Å²) in [6.45, 7) is 0. The quantitative estimate of drug-likeness (QED) is 0.526. The van der Waals surface area contributed by atoms with E-state index >= 15 is 0 Å². The lowest BCUT2D eigenvalue weighted by molar-refractivity contribution is -0.389. The van der Waals surface area contributed by atoms with Gasteiger partial charge in [-0.25, -0.2) is 0 Å². The van der Waals surface area contributed by atoms with Gasteiger partial charge in [0.1, 0.15) is 5.69 Å². The predicted molar refractivity (Wildman–Crippen MR) is 48.0 cm³/mol. The van der Waals surface area contributed by atoms with Gasteiger partial charge in [0.05, 0.1) is 23.6 Å². The first-order chi connectivity index (χ1) is 6.77. The van der Waals surface area contributed by atoms with Gasteiger partial charge in [-0.1, -0.05) is 0 Å². The number of hydrogen-bond acceptors (Lipinski definition) is 4. The third-order valence-electron chi connectivity index (χ3n) is 1.67. The summed E-state index contributed by atoms with van der Waals surface area (Å²) < 4.78 is 1.41. The Hall–Kier alpha value is -2.24. The minimum Gasteiger partial charge on any atom is -0.358 e. The van der Waals surface area contributed by atoms with E-state index in [9.17, 15) is 10.1 Å². The number of pyridine rings is 1. The number of nitrogens with zero attached hydrogens (tertiary/aromatic N) is 4.